The second-order valence-electron chi connectivity index (χ2n) is 2.93. The topological polar surface area (TPSA) is 44.9 Å². The van der Waals surface area contributed by atoms with Crippen LogP contribution in [0.3, 0.4) is 0 Å². The van der Waals surface area contributed by atoms with Crippen molar-refractivity contribution in [1.29, 1.82) is 5.26 Å². The second-order valence-corrected chi connectivity index (χ2v) is 3.78. The van der Waals surface area contributed by atoms with Crippen LogP contribution in [0.1, 0.15) is 5.69 Å². The molecule has 70 valence electrons. The average Bonchev–Trinajstić information content (AvgIpc) is 2.30. The van der Waals surface area contributed by atoms with Crippen LogP contribution in [0.4, 0.5) is 0 Å². The Morgan fingerprint density at radius 3 is 2.92 bits per heavy atom. The largest absolute Gasteiger partial charge is 0.288 e. The maximum atomic E-state index is 8.46. The highest BCUT2D eigenvalue weighted by molar-refractivity contribution is 9.10. The van der Waals surface area contributed by atoms with Crippen molar-refractivity contribution in [3.05, 3.63) is 16.4 Å². The van der Waals surface area contributed by atoms with E-state index in [0.717, 1.165) is 10.2 Å². The molecule has 0 bridgehead atoms. The zero-order valence-corrected chi connectivity index (χ0v) is 9.24. The van der Waals surface area contributed by atoms with Gasteiger partial charge in [0.2, 0.25) is 0 Å². The molecular weight excluding hydrogens is 232 g/mol. The van der Waals surface area contributed by atoms with Crippen LogP contribution >= 0.6 is 15.9 Å². The quantitative estimate of drug-likeness (QED) is 0.748. The van der Waals surface area contributed by atoms with E-state index in [-0.39, 0.29) is 0 Å². The number of hydrogen-bond acceptors (Lipinski definition) is 3. The zero-order valence-electron chi connectivity index (χ0n) is 7.66. The van der Waals surface area contributed by atoms with Crippen molar-refractivity contribution >= 4 is 15.9 Å². The lowest BCUT2D eigenvalue weighted by molar-refractivity contribution is 0.360. The highest BCUT2D eigenvalue weighted by atomic mass is 79.9. The van der Waals surface area contributed by atoms with Gasteiger partial charge in [0.15, 0.2) is 0 Å². The van der Waals surface area contributed by atoms with Crippen LogP contribution in [-0.4, -0.2) is 28.3 Å². The first-order chi connectivity index (χ1) is 6.13. The molecular formula is C8H11BrN4. The number of halogens is 1. The standard InChI is InChI=1S/C8H11BrN4/c1-12(4-3-10)6-8-7(9)5-13(2)11-8/h5H,4,6H2,1-2H3. The van der Waals surface area contributed by atoms with Crippen LogP contribution in [-0.2, 0) is 13.6 Å². The summed E-state index contributed by atoms with van der Waals surface area (Å²) in [6, 6.07) is 2.09. The third-order valence-electron chi connectivity index (χ3n) is 1.61. The lowest BCUT2D eigenvalue weighted by Gasteiger charge is -2.09. The Balaban J connectivity index is 2.64. The monoisotopic (exact) mass is 242 g/mol. The summed E-state index contributed by atoms with van der Waals surface area (Å²) in [4.78, 5) is 1.91. The van der Waals surface area contributed by atoms with E-state index in [1.165, 1.54) is 0 Å². The van der Waals surface area contributed by atoms with Crippen LogP contribution in [0.25, 0.3) is 0 Å². The fourth-order valence-corrected chi connectivity index (χ4v) is 1.55. The summed E-state index contributed by atoms with van der Waals surface area (Å²) in [6.45, 7) is 1.11. The van der Waals surface area contributed by atoms with E-state index in [0.29, 0.717) is 13.1 Å². The van der Waals surface area contributed by atoms with E-state index in [9.17, 15) is 0 Å². The Labute approximate surface area is 85.9 Å². The highest BCUT2D eigenvalue weighted by Gasteiger charge is 2.07. The van der Waals surface area contributed by atoms with Gasteiger partial charge in [0.25, 0.3) is 0 Å². The number of nitrogens with zero attached hydrogens (tertiary/aromatic N) is 4. The number of aromatic nitrogens is 2. The molecule has 0 aliphatic heterocycles. The van der Waals surface area contributed by atoms with Crippen LogP contribution in [0.5, 0.6) is 0 Å². The zero-order chi connectivity index (χ0) is 9.84. The van der Waals surface area contributed by atoms with Crippen LogP contribution in [0, 0.1) is 11.3 Å². The van der Waals surface area contributed by atoms with Gasteiger partial charge in [0, 0.05) is 19.8 Å². The first kappa shape index (κ1) is 10.2. The third kappa shape index (κ3) is 2.83. The van der Waals surface area contributed by atoms with Gasteiger partial charge in [-0.3, -0.25) is 9.58 Å². The van der Waals surface area contributed by atoms with Gasteiger partial charge in [-0.25, -0.2) is 0 Å². The molecule has 0 N–H and O–H groups in total. The molecule has 0 aliphatic rings. The molecule has 0 radical (unpaired) electrons. The summed E-state index contributed by atoms with van der Waals surface area (Å²) in [5.74, 6) is 0. The van der Waals surface area contributed by atoms with Gasteiger partial charge in [0.05, 0.1) is 22.8 Å². The number of nitriles is 1. The molecule has 0 amide bonds. The molecule has 1 heterocycles. The molecule has 5 heteroatoms. The molecule has 4 nitrogen and oxygen atoms in total. The lowest BCUT2D eigenvalue weighted by atomic mass is 10.4. The highest BCUT2D eigenvalue weighted by Crippen LogP contribution is 2.15. The summed E-state index contributed by atoms with van der Waals surface area (Å²) in [6.07, 6.45) is 1.90. The van der Waals surface area contributed by atoms with Crippen molar-refractivity contribution in [2.24, 2.45) is 7.05 Å². The first-order valence-electron chi connectivity index (χ1n) is 3.87. The van der Waals surface area contributed by atoms with Crippen molar-refractivity contribution in [3.8, 4) is 6.07 Å². The van der Waals surface area contributed by atoms with Gasteiger partial charge >= 0.3 is 0 Å². The second kappa shape index (κ2) is 4.40. The van der Waals surface area contributed by atoms with Crippen molar-refractivity contribution < 1.29 is 0 Å². The first-order valence-corrected chi connectivity index (χ1v) is 4.66. The molecule has 1 aromatic heterocycles. The Morgan fingerprint density at radius 1 is 1.77 bits per heavy atom. The van der Waals surface area contributed by atoms with Crippen LogP contribution in [0.2, 0.25) is 0 Å². The Bertz CT molecular complexity index is 325. The SMILES string of the molecule is CN(CC#N)Cc1nn(C)cc1Br. The van der Waals surface area contributed by atoms with Gasteiger partial charge in [-0.2, -0.15) is 10.4 Å². The van der Waals surface area contributed by atoms with E-state index < -0.39 is 0 Å². The molecule has 0 spiro atoms. The molecule has 1 aromatic rings. The number of rotatable bonds is 3. The van der Waals surface area contributed by atoms with Gasteiger partial charge < -0.3 is 0 Å². The smallest absolute Gasteiger partial charge is 0.0906 e. The van der Waals surface area contributed by atoms with E-state index in [4.69, 9.17) is 5.26 Å². The van der Waals surface area contributed by atoms with E-state index in [1.54, 1.807) is 4.68 Å². The van der Waals surface area contributed by atoms with Crippen molar-refractivity contribution in [2.45, 2.75) is 6.54 Å². The van der Waals surface area contributed by atoms with Gasteiger partial charge in [-0.05, 0) is 23.0 Å². The average molecular weight is 243 g/mol. The fourth-order valence-electron chi connectivity index (χ4n) is 1.05. The summed E-state index contributed by atoms with van der Waals surface area (Å²) in [7, 11) is 3.77. The Kier molecular flexibility index (Phi) is 3.46. The predicted octanol–water partition coefficient (Wildman–Crippen LogP) is 1.14. The normalized spacial score (nSPS) is 10.4. The molecule has 0 atom stereocenters. The summed E-state index contributed by atoms with van der Waals surface area (Å²) in [5.41, 5.74) is 0.959. The number of aryl methyl sites for hydroxylation is 1. The molecule has 13 heavy (non-hydrogen) atoms. The van der Waals surface area contributed by atoms with Crippen molar-refractivity contribution in [1.82, 2.24) is 14.7 Å². The van der Waals surface area contributed by atoms with Crippen molar-refractivity contribution in [3.63, 3.8) is 0 Å². The summed E-state index contributed by atoms with van der Waals surface area (Å²) >= 11 is 3.40. The lowest BCUT2D eigenvalue weighted by Crippen LogP contribution is -2.18. The van der Waals surface area contributed by atoms with Crippen LogP contribution < -0.4 is 0 Å². The molecule has 0 unspecified atom stereocenters. The summed E-state index contributed by atoms with van der Waals surface area (Å²) in [5, 5.41) is 12.7. The summed E-state index contributed by atoms with van der Waals surface area (Å²) < 4.78 is 2.74. The van der Waals surface area contributed by atoms with Gasteiger partial charge in [-0.15, -0.1) is 0 Å². The molecule has 0 saturated carbocycles. The number of hydrogen-bond donors (Lipinski definition) is 0. The minimum Gasteiger partial charge on any atom is -0.288 e. The Hall–Kier alpha value is -0.860. The van der Waals surface area contributed by atoms with E-state index >= 15 is 0 Å². The molecule has 0 saturated heterocycles. The van der Waals surface area contributed by atoms with Gasteiger partial charge in [-0.1, -0.05) is 0 Å². The van der Waals surface area contributed by atoms with Crippen molar-refractivity contribution in [2.75, 3.05) is 13.6 Å². The van der Waals surface area contributed by atoms with E-state index in [2.05, 4.69) is 27.1 Å². The minimum absolute atomic E-state index is 0.420. The minimum atomic E-state index is 0.420. The molecule has 0 aliphatic carbocycles. The van der Waals surface area contributed by atoms with Crippen LogP contribution in [0.15, 0.2) is 10.7 Å². The molecule has 0 fully saturated rings. The molecule has 1 rings (SSSR count). The maximum absolute atomic E-state index is 8.46. The predicted molar refractivity (Wildman–Crippen MR) is 52.9 cm³/mol. The fraction of sp³-hybridized carbons (Fsp3) is 0.500. The molecule has 0 aromatic carbocycles. The third-order valence-corrected chi connectivity index (χ3v) is 2.28. The van der Waals surface area contributed by atoms with Gasteiger partial charge in [0.1, 0.15) is 0 Å². The maximum Gasteiger partial charge on any atom is 0.0906 e. The Morgan fingerprint density at radius 2 is 2.46 bits per heavy atom. The van der Waals surface area contributed by atoms with E-state index in [1.807, 2.05) is 25.2 Å².